The molecule has 0 saturated carbocycles. The Labute approximate surface area is 171 Å². The summed E-state index contributed by atoms with van der Waals surface area (Å²) in [6, 6.07) is 7.68. The van der Waals surface area contributed by atoms with Crippen LogP contribution in [-0.2, 0) is 15.1 Å². The van der Waals surface area contributed by atoms with Crippen molar-refractivity contribution in [1.82, 2.24) is 10.2 Å². The molecule has 2 aromatic carbocycles. The van der Waals surface area contributed by atoms with Crippen molar-refractivity contribution in [2.75, 3.05) is 11.9 Å². The van der Waals surface area contributed by atoms with Crippen molar-refractivity contribution in [2.24, 2.45) is 0 Å². The predicted octanol–water partition coefficient (Wildman–Crippen LogP) is 2.96. The molecule has 0 unspecified atom stereocenters. The number of imide groups is 1. The molecular formula is C21H19F2N3O4. The van der Waals surface area contributed by atoms with E-state index < -0.39 is 41.4 Å². The zero-order chi connectivity index (χ0) is 22.1. The van der Waals surface area contributed by atoms with Crippen molar-refractivity contribution in [3.8, 4) is 0 Å². The second-order valence-electron chi connectivity index (χ2n) is 6.97. The third-order valence-electron chi connectivity index (χ3n) is 4.86. The van der Waals surface area contributed by atoms with E-state index >= 15 is 0 Å². The first-order valence-electron chi connectivity index (χ1n) is 9.18. The van der Waals surface area contributed by atoms with E-state index in [-0.39, 0.29) is 17.0 Å². The van der Waals surface area contributed by atoms with Crippen molar-refractivity contribution in [1.29, 1.82) is 0 Å². The summed E-state index contributed by atoms with van der Waals surface area (Å²) >= 11 is 0. The number of nitrogens with one attached hydrogen (secondary N) is 2. The van der Waals surface area contributed by atoms with Crippen LogP contribution in [0.15, 0.2) is 42.5 Å². The van der Waals surface area contributed by atoms with Gasteiger partial charge in [-0.1, -0.05) is 6.92 Å². The van der Waals surface area contributed by atoms with E-state index in [1.807, 2.05) is 0 Å². The van der Waals surface area contributed by atoms with Crippen LogP contribution in [0, 0.1) is 11.6 Å². The summed E-state index contributed by atoms with van der Waals surface area (Å²) < 4.78 is 27.8. The molecule has 0 spiro atoms. The van der Waals surface area contributed by atoms with E-state index in [0.717, 1.165) is 18.2 Å². The third-order valence-corrected chi connectivity index (χ3v) is 4.86. The van der Waals surface area contributed by atoms with E-state index in [9.17, 15) is 28.0 Å². The molecule has 0 bridgehead atoms. The highest BCUT2D eigenvalue weighted by Gasteiger charge is 2.50. The Kier molecular flexibility index (Phi) is 5.64. The molecule has 156 valence electrons. The molecule has 0 aliphatic carbocycles. The topological polar surface area (TPSA) is 95.6 Å². The Morgan fingerprint density at radius 3 is 2.40 bits per heavy atom. The first-order valence-corrected chi connectivity index (χ1v) is 9.18. The highest BCUT2D eigenvalue weighted by molar-refractivity contribution is 6.11. The average Bonchev–Trinajstić information content (AvgIpc) is 2.94. The van der Waals surface area contributed by atoms with Crippen molar-refractivity contribution < 1.29 is 28.0 Å². The zero-order valence-electron chi connectivity index (χ0n) is 16.3. The van der Waals surface area contributed by atoms with Crippen LogP contribution >= 0.6 is 0 Å². The van der Waals surface area contributed by atoms with Gasteiger partial charge in [0.2, 0.25) is 5.91 Å². The predicted molar refractivity (Wildman–Crippen MR) is 104 cm³/mol. The lowest BCUT2D eigenvalue weighted by molar-refractivity contribution is -0.130. The Morgan fingerprint density at radius 2 is 1.77 bits per heavy atom. The average molecular weight is 415 g/mol. The minimum absolute atomic E-state index is 0.183. The Bertz CT molecular complexity index is 1040. The number of carbonyl (C=O) groups excluding carboxylic acids is 4. The normalized spacial score (nSPS) is 18.3. The number of hydrogen-bond donors (Lipinski definition) is 2. The summed E-state index contributed by atoms with van der Waals surface area (Å²) in [7, 11) is 0. The molecule has 0 radical (unpaired) electrons. The van der Waals surface area contributed by atoms with Gasteiger partial charge in [-0.2, -0.15) is 0 Å². The lowest BCUT2D eigenvalue weighted by atomic mass is 9.91. The molecule has 4 amide bonds. The molecule has 9 heteroatoms. The summed E-state index contributed by atoms with van der Waals surface area (Å²) in [5.41, 5.74) is -1.44. The number of halogens is 2. The molecule has 30 heavy (non-hydrogen) atoms. The number of rotatable bonds is 6. The number of nitrogens with zero attached hydrogens (tertiary/aromatic N) is 1. The molecule has 1 aliphatic rings. The van der Waals surface area contributed by atoms with Crippen LogP contribution in [0.25, 0.3) is 0 Å². The standard InChI is InChI=1S/C21H19F2N3O4/c1-3-18(28)24-14-7-4-12(5-8-14)17(27)11-26-19(29)21(2,25-20(26)30)15-10-13(22)6-9-16(15)23/h4-10H,3,11H2,1-2H3,(H,24,28)(H,25,30)/t21-/m1/s1. The van der Waals surface area contributed by atoms with E-state index in [1.165, 1.54) is 31.2 Å². The van der Waals surface area contributed by atoms with E-state index in [4.69, 9.17) is 0 Å². The monoisotopic (exact) mass is 415 g/mol. The van der Waals surface area contributed by atoms with Gasteiger partial charge in [0, 0.05) is 23.2 Å². The van der Waals surface area contributed by atoms with Gasteiger partial charge in [0.05, 0.1) is 6.54 Å². The zero-order valence-corrected chi connectivity index (χ0v) is 16.3. The molecule has 3 rings (SSSR count). The van der Waals surface area contributed by atoms with E-state index in [2.05, 4.69) is 10.6 Å². The van der Waals surface area contributed by atoms with Crippen LogP contribution in [0.4, 0.5) is 19.3 Å². The van der Waals surface area contributed by atoms with Gasteiger partial charge in [0.25, 0.3) is 5.91 Å². The van der Waals surface area contributed by atoms with Crippen LogP contribution < -0.4 is 10.6 Å². The Hall–Kier alpha value is -3.62. The summed E-state index contributed by atoms with van der Waals surface area (Å²) in [5.74, 6) is -3.20. The third kappa shape index (κ3) is 3.91. The molecular weight excluding hydrogens is 396 g/mol. The van der Waals surface area contributed by atoms with Gasteiger partial charge in [-0.3, -0.25) is 19.3 Å². The highest BCUT2D eigenvalue weighted by atomic mass is 19.1. The van der Waals surface area contributed by atoms with Crippen LogP contribution in [-0.4, -0.2) is 35.1 Å². The van der Waals surface area contributed by atoms with Crippen molar-refractivity contribution in [2.45, 2.75) is 25.8 Å². The molecule has 7 nitrogen and oxygen atoms in total. The van der Waals surface area contributed by atoms with Gasteiger partial charge >= 0.3 is 6.03 Å². The molecule has 1 aliphatic heterocycles. The van der Waals surface area contributed by atoms with Crippen LogP contribution in [0.2, 0.25) is 0 Å². The molecule has 2 N–H and O–H groups in total. The summed E-state index contributed by atoms with van der Waals surface area (Å²) in [6.45, 7) is 2.38. The number of ketones is 1. The smallest absolute Gasteiger partial charge is 0.325 e. The number of anilines is 1. The van der Waals surface area contributed by atoms with E-state index in [0.29, 0.717) is 17.0 Å². The maximum absolute atomic E-state index is 14.2. The number of benzene rings is 2. The number of hydrogen-bond acceptors (Lipinski definition) is 4. The van der Waals surface area contributed by atoms with Gasteiger partial charge in [0.15, 0.2) is 5.78 Å². The lowest BCUT2D eigenvalue weighted by Crippen LogP contribution is -2.42. The molecule has 2 aromatic rings. The molecule has 1 fully saturated rings. The van der Waals surface area contributed by atoms with Gasteiger partial charge in [-0.25, -0.2) is 13.6 Å². The maximum Gasteiger partial charge on any atom is 0.325 e. The fraction of sp³-hybridized carbons (Fsp3) is 0.238. The first kappa shape index (κ1) is 21.1. The second kappa shape index (κ2) is 8.02. The van der Waals surface area contributed by atoms with Crippen LogP contribution in [0.5, 0.6) is 0 Å². The summed E-state index contributed by atoms with van der Waals surface area (Å²) in [5, 5.41) is 4.98. The van der Waals surface area contributed by atoms with Crippen molar-refractivity contribution >= 4 is 29.3 Å². The molecule has 1 atom stereocenters. The number of carbonyl (C=O) groups is 4. The minimum Gasteiger partial charge on any atom is -0.326 e. The second-order valence-corrected chi connectivity index (χ2v) is 6.97. The molecule has 0 aromatic heterocycles. The van der Waals surface area contributed by atoms with Crippen LogP contribution in [0.3, 0.4) is 0 Å². The Morgan fingerprint density at radius 1 is 1.10 bits per heavy atom. The first-order chi connectivity index (χ1) is 14.2. The van der Waals surface area contributed by atoms with Gasteiger partial charge in [0.1, 0.15) is 17.2 Å². The minimum atomic E-state index is -1.84. The number of amides is 4. The van der Waals surface area contributed by atoms with Crippen molar-refractivity contribution in [3.05, 3.63) is 65.2 Å². The van der Waals surface area contributed by atoms with Crippen molar-refractivity contribution in [3.63, 3.8) is 0 Å². The quantitative estimate of drug-likeness (QED) is 0.560. The van der Waals surface area contributed by atoms with Gasteiger partial charge in [-0.05, 0) is 49.4 Å². The SMILES string of the molecule is CCC(=O)Nc1ccc(C(=O)CN2C(=O)N[C@](C)(c3cc(F)ccc3F)C2=O)cc1. The number of urea groups is 1. The fourth-order valence-electron chi connectivity index (χ4n) is 3.13. The lowest BCUT2D eigenvalue weighted by Gasteiger charge is -2.22. The molecule has 1 saturated heterocycles. The highest BCUT2D eigenvalue weighted by Crippen LogP contribution is 2.31. The molecule has 1 heterocycles. The Balaban J connectivity index is 1.78. The summed E-state index contributed by atoms with van der Waals surface area (Å²) in [4.78, 5) is 49.8. The van der Waals surface area contributed by atoms with Crippen LogP contribution in [0.1, 0.15) is 36.2 Å². The van der Waals surface area contributed by atoms with Gasteiger partial charge < -0.3 is 10.6 Å². The van der Waals surface area contributed by atoms with E-state index in [1.54, 1.807) is 6.92 Å². The fourth-order valence-corrected chi connectivity index (χ4v) is 3.13. The number of Topliss-reactive ketones (excluding diaryl/α,β-unsaturated/α-hetero) is 1. The summed E-state index contributed by atoms with van der Waals surface area (Å²) in [6.07, 6.45) is 0.303. The largest absolute Gasteiger partial charge is 0.326 e. The van der Waals surface area contributed by atoms with Gasteiger partial charge in [-0.15, -0.1) is 0 Å². The maximum atomic E-state index is 14.2.